The second-order valence-corrected chi connectivity index (χ2v) is 7.49. The number of hydrogen-bond donors (Lipinski definition) is 1. The maximum atomic E-state index is 12.6. The van der Waals surface area contributed by atoms with Gasteiger partial charge in [-0.05, 0) is 13.5 Å². The van der Waals surface area contributed by atoms with Gasteiger partial charge in [-0.15, -0.1) is 6.42 Å². The minimum absolute atomic E-state index is 0.0121. The molecule has 0 aromatic carbocycles. The summed E-state index contributed by atoms with van der Waals surface area (Å²) in [5.41, 5.74) is 0. The number of carbonyl (C=O) groups is 1. The van der Waals surface area contributed by atoms with E-state index in [4.69, 9.17) is 11.2 Å². The third-order valence-corrected chi connectivity index (χ3v) is 5.71. The lowest BCUT2D eigenvalue weighted by Crippen LogP contribution is -2.49. The van der Waals surface area contributed by atoms with Gasteiger partial charge in [-0.25, -0.2) is 8.42 Å². The van der Waals surface area contributed by atoms with E-state index >= 15 is 0 Å². The fourth-order valence-electron chi connectivity index (χ4n) is 2.80. The Bertz CT molecular complexity index is 511. The minimum atomic E-state index is -3.04. The van der Waals surface area contributed by atoms with Crippen molar-refractivity contribution in [2.45, 2.75) is 18.5 Å². The standard InChI is InChI=1S/C13H20N2O4S/c1-3-5-15(10-4-6-20(17,18)9-10)13(16)11-7-19-8-12(11)14-2/h1,10-12,14H,4-9H2,2H3. The summed E-state index contributed by atoms with van der Waals surface area (Å²) in [5, 5.41) is 3.06. The zero-order valence-electron chi connectivity index (χ0n) is 11.5. The predicted octanol–water partition coefficient (Wildman–Crippen LogP) is -1.13. The first-order chi connectivity index (χ1) is 9.48. The number of rotatable bonds is 4. The molecule has 2 heterocycles. The van der Waals surface area contributed by atoms with Crippen molar-refractivity contribution in [3.05, 3.63) is 0 Å². The topological polar surface area (TPSA) is 75.7 Å². The van der Waals surface area contributed by atoms with E-state index in [0.29, 0.717) is 19.6 Å². The van der Waals surface area contributed by atoms with Crippen LogP contribution in [0.2, 0.25) is 0 Å². The Morgan fingerprint density at radius 1 is 1.50 bits per heavy atom. The van der Waals surface area contributed by atoms with Gasteiger partial charge in [0.25, 0.3) is 0 Å². The van der Waals surface area contributed by atoms with Gasteiger partial charge in [-0.2, -0.15) is 0 Å². The predicted molar refractivity (Wildman–Crippen MR) is 74.8 cm³/mol. The summed E-state index contributed by atoms with van der Waals surface area (Å²) in [6, 6.07) is -0.345. The molecule has 1 N–H and O–H groups in total. The highest BCUT2D eigenvalue weighted by atomic mass is 32.2. The molecule has 0 aromatic heterocycles. The Balaban J connectivity index is 2.12. The van der Waals surface area contributed by atoms with Gasteiger partial charge < -0.3 is 15.0 Å². The number of hydrogen-bond acceptors (Lipinski definition) is 5. The van der Waals surface area contributed by atoms with Gasteiger partial charge in [0.15, 0.2) is 9.84 Å². The zero-order chi connectivity index (χ0) is 14.8. The molecule has 1 amide bonds. The van der Waals surface area contributed by atoms with Crippen LogP contribution in [0, 0.1) is 18.3 Å². The van der Waals surface area contributed by atoms with Crippen LogP contribution in [0.25, 0.3) is 0 Å². The van der Waals surface area contributed by atoms with Gasteiger partial charge in [0.1, 0.15) is 0 Å². The molecule has 2 saturated heterocycles. The van der Waals surface area contributed by atoms with Crippen molar-refractivity contribution in [3.8, 4) is 12.3 Å². The van der Waals surface area contributed by atoms with Crippen LogP contribution in [0.15, 0.2) is 0 Å². The van der Waals surface area contributed by atoms with Crippen molar-refractivity contribution in [2.24, 2.45) is 5.92 Å². The SMILES string of the molecule is C#CCN(C(=O)C1COCC1NC)C1CCS(=O)(=O)C1. The number of ether oxygens (including phenoxy) is 1. The third-order valence-electron chi connectivity index (χ3n) is 3.96. The van der Waals surface area contributed by atoms with Crippen molar-refractivity contribution < 1.29 is 17.9 Å². The molecule has 6 nitrogen and oxygen atoms in total. The summed E-state index contributed by atoms with van der Waals surface area (Å²) in [5.74, 6) is 2.19. The van der Waals surface area contributed by atoms with Gasteiger partial charge in [0, 0.05) is 12.1 Å². The molecule has 0 bridgehead atoms. The first-order valence-electron chi connectivity index (χ1n) is 6.68. The average molecular weight is 300 g/mol. The number of amides is 1. The number of nitrogens with one attached hydrogen (secondary N) is 1. The molecule has 0 aromatic rings. The van der Waals surface area contributed by atoms with Crippen molar-refractivity contribution in [1.82, 2.24) is 10.2 Å². The molecular weight excluding hydrogens is 280 g/mol. The second kappa shape index (κ2) is 6.12. The first-order valence-corrected chi connectivity index (χ1v) is 8.50. The molecule has 2 aliphatic rings. The van der Waals surface area contributed by atoms with E-state index in [0.717, 1.165) is 0 Å². The largest absolute Gasteiger partial charge is 0.379 e. The van der Waals surface area contributed by atoms with Gasteiger partial charge in [-0.3, -0.25) is 4.79 Å². The van der Waals surface area contributed by atoms with Crippen LogP contribution < -0.4 is 5.32 Å². The van der Waals surface area contributed by atoms with Crippen LogP contribution in [0.1, 0.15) is 6.42 Å². The van der Waals surface area contributed by atoms with Crippen LogP contribution in [0.4, 0.5) is 0 Å². The Morgan fingerprint density at radius 2 is 2.25 bits per heavy atom. The highest BCUT2D eigenvalue weighted by Gasteiger charge is 2.40. The third kappa shape index (κ3) is 3.14. The van der Waals surface area contributed by atoms with Crippen LogP contribution in [-0.4, -0.2) is 69.6 Å². The maximum absolute atomic E-state index is 12.6. The van der Waals surface area contributed by atoms with Crippen molar-refractivity contribution in [2.75, 3.05) is 38.3 Å². The lowest BCUT2D eigenvalue weighted by atomic mass is 10.0. The number of likely N-dealkylation sites (N-methyl/N-ethyl adjacent to an activating group) is 1. The summed E-state index contributed by atoms with van der Waals surface area (Å²) < 4.78 is 28.5. The van der Waals surface area contributed by atoms with Crippen molar-refractivity contribution in [1.29, 1.82) is 0 Å². The summed E-state index contributed by atoms with van der Waals surface area (Å²) in [7, 11) is -1.26. The summed E-state index contributed by atoms with van der Waals surface area (Å²) in [4.78, 5) is 14.2. The number of sulfone groups is 1. The molecule has 2 fully saturated rings. The maximum Gasteiger partial charge on any atom is 0.230 e. The lowest BCUT2D eigenvalue weighted by molar-refractivity contribution is -0.137. The Hall–Kier alpha value is -1.10. The molecule has 3 atom stereocenters. The van der Waals surface area contributed by atoms with E-state index in [9.17, 15) is 13.2 Å². The molecule has 0 spiro atoms. The fourth-order valence-corrected chi connectivity index (χ4v) is 4.53. The van der Waals surface area contributed by atoms with Crippen LogP contribution >= 0.6 is 0 Å². The van der Waals surface area contributed by atoms with E-state index in [1.165, 1.54) is 4.90 Å². The Kier molecular flexibility index (Phi) is 4.68. The highest BCUT2D eigenvalue weighted by molar-refractivity contribution is 7.91. The molecular formula is C13H20N2O4S. The van der Waals surface area contributed by atoms with Gasteiger partial charge in [0.2, 0.25) is 5.91 Å². The highest BCUT2D eigenvalue weighted by Crippen LogP contribution is 2.23. The van der Waals surface area contributed by atoms with Gasteiger partial charge >= 0.3 is 0 Å². The molecule has 2 rings (SSSR count). The van der Waals surface area contributed by atoms with E-state index < -0.39 is 9.84 Å². The van der Waals surface area contributed by atoms with Crippen LogP contribution in [0.3, 0.4) is 0 Å². The fraction of sp³-hybridized carbons (Fsp3) is 0.769. The number of nitrogens with zero attached hydrogens (tertiary/aromatic N) is 1. The minimum Gasteiger partial charge on any atom is -0.379 e. The first kappa shape index (κ1) is 15.3. The summed E-state index contributed by atoms with van der Waals surface area (Å²) >= 11 is 0. The quantitative estimate of drug-likeness (QED) is 0.665. The number of carbonyl (C=O) groups excluding carboxylic acids is 1. The molecule has 20 heavy (non-hydrogen) atoms. The number of terminal acetylenes is 1. The van der Waals surface area contributed by atoms with Gasteiger partial charge in [0.05, 0.1) is 37.2 Å². The molecule has 112 valence electrons. The van der Waals surface area contributed by atoms with Crippen molar-refractivity contribution >= 4 is 15.7 Å². The van der Waals surface area contributed by atoms with Crippen LogP contribution in [-0.2, 0) is 19.4 Å². The average Bonchev–Trinajstić information content (AvgIpc) is 3.01. The Labute approximate surface area is 119 Å². The van der Waals surface area contributed by atoms with E-state index in [-0.39, 0.29) is 42.0 Å². The molecule has 2 aliphatic heterocycles. The van der Waals surface area contributed by atoms with Crippen molar-refractivity contribution in [3.63, 3.8) is 0 Å². The second-order valence-electron chi connectivity index (χ2n) is 5.27. The molecule has 7 heteroatoms. The Morgan fingerprint density at radius 3 is 2.80 bits per heavy atom. The van der Waals surface area contributed by atoms with E-state index in [1.807, 2.05) is 0 Å². The monoisotopic (exact) mass is 300 g/mol. The summed E-state index contributed by atoms with van der Waals surface area (Å²) in [6.45, 7) is 0.983. The van der Waals surface area contributed by atoms with Crippen LogP contribution in [0.5, 0.6) is 0 Å². The van der Waals surface area contributed by atoms with Gasteiger partial charge in [-0.1, -0.05) is 5.92 Å². The zero-order valence-corrected chi connectivity index (χ0v) is 12.4. The van der Waals surface area contributed by atoms with E-state index in [2.05, 4.69) is 11.2 Å². The molecule has 0 radical (unpaired) electrons. The van der Waals surface area contributed by atoms with E-state index in [1.54, 1.807) is 7.05 Å². The normalized spacial score (nSPS) is 31.9. The molecule has 3 unspecified atom stereocenters. The smallest absolute Gasteiger partial charge is 0.230 e. The lowest BCUT2D eigenvalue weighted by Gasteiger charge is -2.30. The summed E-state index contributed by atoms with van der Waals surface area (Å²) in [6.07, 6.45) is 5.79. The molecule has 0 saturated carbocycles. The molecule has 0 aliphatic carbocycles.